The molecule has 2 aliphatic heterocycles. The summed E-state index contributed by atoms with van der Waals surface area (Å²) < 4.78 is 13.3. The van der Waals surface area contributed by atoms with Gasteiger partial charge in [0.15, 0.2) is 0 Å². The lowest BCUT2D eigenvalue weighted by Crippen LogP contribution is -2.50. The van der Waals surface area contributed by atoms with Crippen LogP contribution in [0.1, 0.15) is 43.5 Å². The lowest BCUT2D eigenvalue weighted by molar-refractivity contribution is -0.159. The van der Waals surface area contributed by atoms with Crippen LogP contribution in [-0.4, -0.2) is 70.1 Å². The normalized spacial score (nSPS) is 23.1. The van der Waals surface area contributed by atoms with Gasteiger partial charge in [-0.15, -0.1) is 0 Å². The minimum absolute atomic E-state index is 0.0386. The largest absolute Gasteiger partial charge is 0.473 e. The monoisotopic (exact) mass is 408 g/mol. The van der Waals surface area contributed by atoms with E-state index in [0.29, 0.717) is 11.6 Å². The predicted molar refractivity (Wildman–Crippen MR) is 105 cm³/mol. The molecule has 2 aliphatic rings. The van der Waals surface area contributed by atoms with Gasteiger partial charge in [-0.05, 0) is 49.3 Å². The summed E-state index contributed by atoms with van der Waals surface area (Å²) in [6.07, 6.45) is 3.38. The molecule has 0 aromatic heterocycles. The summed E-state index contributed by atoms with van der Waals surface area (Å²) in [5.41, 5.74) is 0.462. The topological polar surface area (TPSA) is 98.2 Å². The first-order chi connectivity index (χ1) is 13.7. The quantitative estimate of drug-likeness (QED) is 0.730. The van der Waals surface area contributed by atoms with Crippen LogP contribution in [0.5, 0.6) is 0 Å². The first kappa shape index (κ1) is 22.8. The molecule has 2 atom stereocenters. The molecule has 1 amide bonds. The number of nitrogens with zero attached hydrogens (tertiary/aromatic N) is 2. The smallest absolute Gasteiger partial charge is 0.414 e. The van der Waals surface area contributed by atoms with Crippen molar-refractivity contribution >= 4 is 17.8 Å². The van der Waals surface area contributed by atoms with E-state index in [0.717, 1.165) is 37.8 Å². The van der Waals surface area contributed by atoms with Crippen LogP contribution in [-0.2, 0) is 9.59 Å². The van der Waals surface area contributed by atoms with E-state index in [4.69, 9.17) is 19.8 Å². The number of hydrogen-bond donors (Lipinski definition) is 2. The molecule has 0 saturated carbocycles. The van der Waals surface area contributed by atoms with Gasteiger partial charge in [-0.25, -0.2) is 14.0 Å². The Morgan fingerprint density at radius 1 is 1.00 bits per heavy atom. The third kappa shape index (κ3) is 6.81. The van der Waals surface area contributed by atoms with Gasteiger partial charge in [-0.3, -0.25) is 9.69 Å². The van der Waals surface area contributed by atoms with Crippen molar-refractivity contribution in [3.8, 4) is 0 Å². The number of carboxylic acids is 2. The second kappa shape index (κ2) is 10.3. The molecule has 7 nitrogen and oxygen atoms in total. The number of carboxylic acid groups (broad SMARTS) is 2. The maximum absolute atomic E-state index is 13.3. The first-order valence-corrected chi connectivity index (χ1v) is 9.92. The lowest BCUT2D eigenvalue weighted by atomic mass is 9.89. The van der Waals surface area contributed by atoms with Crippen molar-refractivity contribution in [2.45, 2.75) is 39.2 Å². The summed E-state index contributed by atoms with van der Waals surface area (Å²) in [5.74, 6) is -2.49. The summed E-state index contributed by atoms with van der Waals surface area (Å²) in [7, 11) is 0. The van der Waals surface area contributed by atoms with Crippen molar-refractivity contribution < 1.29 is 29.0 Å². The molecular weight excluding hydrogens is 379 g/mol. The van der Waals surface area contributed by atoms with Crippen LogP contribution < -0.4 is 0 Å². The number of piperidine rings is 2. The van der Waals surface area contributed by atoms with Gasteiger partial charge >= 0.3 is 11.9 Å². The van der Waals surface area contributed by atoms with Gasteiger partial charge < -0.3 is 15.1 Å². The molecule has 2 heterocycles. The molecule has 2 unspecified atom stereocenters. The minimum atomic E-state index is -1.82. The Kier molecular flexibility index (Phi) is 8.13. The van der Waals surface area contributed by atoms with Gasteiger partial charge in [0.05, 0.1) is 0 Å². The third-order valence-corrected chi connectivity index (χ3v) is 5.42. The van der Waals surface area contributed by atoms with Crippen LogP contribution in [0.4, 0.5) is 4.39 Å². The average molecular weight is 408 g/mol. The Hall–Kier alpha value is -2.48. The van der Waals surface area contributed by atoms with Crippen LogP contribution in [0.25, 0.3) is 0 Å². The van der Waals surface area contributed by atoms with Gasteiger partial charge in [0, 0.05) is 37.8 Å². The fourth-order valence-corrected chi connectivity index (χ4v) is 4.25. The van der Waals surface area contributed by atoms with Crippen LogP contribution in [0, 0.1) is 17.7 Å². The Labute approximate surface area is 170 Å². The van der Waals surface area contributed by atoms with E-state index in [1.807, 2.05) is 4.90 Å². The van der Waals surface area contributed by atoms with E-state index in [1.165, 1.54) is 31.6 Å². The number of hydrogen-bond acceptors (Lipinski definition) is 4. The number of carbonyl (C=O) groups is 3. The SMILES string of the molecule is CC1CC(C)CN(C2CCN(C(=O)c3cccc(F)c3)CC2)C1.O=C(O)C(=O)O. The highest BCUT2D eigenvalue weighted by molar-refractivity contribution is 6.27. The fourth-order valence-electron chi connectivity index (χ4n) is 4.25. The summed E-state index contributed by atoms with van der Waals surface area (Å²) >= 11 is 0. The zero-order valence-corrected chi connectivity index (χ0v) is 16.9. The molecular formula is C21H29FN2O5. The zero-order chi connectivity index (χ0) is 21.6. The molecule has 1 aromatic carbocycles. The molecule has 160 valence electrons. The van der Waals surface area contributed by atoms with Crippen LogP contribution in [0.15, 0.2) is 24.3 Å². The molecule has 0 radical (unpaired) electrons. The van der Waals surface area contributed by atoms with Gasteiger partial charge in [-0.2, -0.15) is 0 Å². The lowest BCUT2D eigenvalue weighted by Gasteiger charge is -2.43. The van der Waals surface area contributed by atoms with E-state index in [-0.39, 0.29) is 11.7 Å². The zero-order valence-electron chi connectivity index (χ0n) is 16.9. The molecule has 0 spiro atoms. The van der Waals surface area contributed by atoms with Gasteiger partial charge in [0.2, 0.25) is 0 Å². The molecule has 0 bridgehead atoms. The molecule has 3 rings (SSSR count). The standard InChI is InChI=1S/C19H27FN2O.C2H2O4/c1-14-10-15(2)13-22(12-14)18-6-8-21(9-7-18)19(23)16-4-3-5-17(20)11-16;3-1(4)2(5)6/h3-5,11,14-15,18H,6-10,12-13H2,1-2H3;(H,3,4)(H,5,6). The number of likely N-dealkylation sites (tertiary alicyclic amines) is 2. The number of amides is 1. The highest BCUT2D eigenvalue weighted by Crippen LogP contribution is 2.27. The van der Waals surface area contributed by atoms with Crippen LogP contribution >= 0.6 is 0 Å². The Morgan fingerprint density at radius 2 is 1.55 bits per heavy atom. The summed E-state index contributed by atoms with van der Waals surface area (Å²) in [6.45, 7) is 8.61. The van der Waals surface area contributed by atoms with Crippen molar-refractivity contribution in [1.82, 2.24) is 9.80 Å². The summed E-state index contributed by atoms with van der Waals surface area (Å²) in [5, 5.41) is 14.8. The Morgan fingerprint density at radius 3 is 2.03 bits per heavy atom. The van der Waals surface area contributed by atoms with E-state index in [2.05, 4.69) is 18.7 Å². The Balaban J connectivity index is 0.000000438. The molecule has 8 heteroatoms. The Bertz CT molecular complexity index is 712. The third-order valence-electron chi connectivity index (χ3n) is 5.42. The molecule has 1 aromatic rings. The van der Waals surface area contributed by atoms with Crippen molar-refractivity contribution in [2.75, 3.05) is 26.2 Å². The number of halogens is 1. The van der Waals surface area contributed by atoms with E-state index in [1.54, 1.807) is 12.1 Å². The van der Waals surface area contributed by atoms with E-state index >= 15 is 0 Å². The van der Waals surface area contributed by atoms with Crippen molar-refractivity contribution in [3.63, 3.8) is 0 Å². The van der Waals surface area contributed by atoms with E-state index in [9.17, 15) is 9.18 Å². The number of rotatable bonds is 2. The predicted octanol–water partition coefficient (Wildman–Crippen LogP) is 2.56. The van der Waals surface area contributed by atoms with Crippen LogP contribution in [0.2, 0.25) is 0 Å². The highest BCUT2D eigenvalue weighted by atomic mass is 19.1. The second-order valence-corrected chi connectivity index (χ2v) is 8.04. The van der Waals surface area contributed by atoms with Crippen molar-refractivity contribution in [1.29, 1.82) is 0 Å². The molecule has 0 aliphatic carbocycles. The molecule has 2 fully saturated rings. The number of aliphatic carboxylic acids is 2. The van der Waals surface area contributed by atoms with Crippen LogP contribution in [0.3, 0.4) is 0 Å². The second-order valence-electron chi connectivity index (χ2n) is 8.04. The summed E-state index contributed by atoms with van der Waals surface area (Å²) in [4.78, 5) is 35.2. The maximum Gasteiger partial charge on any atom is 0.414 e. The van der Waals surface area contributed by atoms with Gasteiger partial charge in [0.25, 0.3) is 5.91 Å². The molecule has 29 heavy (non-hydrogen) atoms. The molecule has 2 N–H and O–H groups in total. The van der Waals surface area contributed by atoms with E-state index < -0.39 is 11.9 Å². The molecule has 2 saturated heterocycles. The summed E-state index contributed by atoms with van der Waals surface area (Å²) in [6, 6.07) is 6.61. The maximum atomic E-state index is 13.3. The average Bonchev–Trinajstić information content (AvgIpc) is 2.67. The number of benzene rings is 1. The minimum Gasteiger partial charge on any atom is -0.473 e. The fraction of sp³-hybridized carbons (Fsp3) is 0.571. The van der Waals surface area contributed by atoms with Gasteiger partial charge in [0.1, 0.15) is 5.82 Å². The van der Waals surface area contributed by atoms with Gasteiger partial charge in [-0.1, -0.05) is 19.9 Å². The van der Waals surface area contributed by atoms with Crippen molar-refractivity contribution in [3.05, 3.63) is 35.6 Å². The first-order valence-electron chi connectivity index (χ1n) is 9.92. The van der Waals surface area contributed by atoms with Crippen molar-refractivity contribution in [2.24, 2.45) is 11.8 Å². The number of carbonyl (C=O) groups excluding carboxylic acids is 1. The highest BCUT2D eigenvalue weighted by Gasteiger charge is 2.31.